The zero-order chi connectivity index (χ0) is 14.3. The minimum atomic E-state index is -0.0529. The Morgan fingerprint density at radius 1 is 1.45 bits per heavy atom. The first-order valence-electron chi connectivity index (χ1n) is 6.69. The van der Waals surface area contributed by atoms with Crippen LogP contribution in [-0.2, 0) is 6.54 Å². The minimum Gasteiger partial charge on any atom is -0.326 e. The van der Waals surface area contributed by atoms with E-state index in [1.165, 1.54) is 0 Å². The Hall–Kier alpha value is -1.24. The molecule has 0 spiro atoms. The third kappa shape index (κ3) is 2.63. The van der Waals surface area contributed by atoms with Gasteiger partial charge >= 0.3 is 0 Å². The van der Waals surface area contributed by atoms with Gasteiger partial charge in [-0.2, -0.15) is 0 Å². The Bertz CT molecular complexity index is 689. The molecule has 20 heavy (non-hydrogen) atoms. The van der Waals surface area contributed by atoms with Gasteiger partial charge in [0.1, 0.15) is 5.65 Å². The van der Waals surface area contributed by atoms with E-state index in [4.69, 9.17) is 5.73 Å². The summed E-state index contributed by atoms with van der Waals surface area (Å²) in [6.45, 7) is 4.66. The Morgan fingerprint density at radius 2 is 2.25 bits per heavy atom. The largest absolute Gasteiger partial charge is 0.326 e. The van der Waals surface area contributed by atoms with Gasteiger partial charge in [-0.3, -0.25) is 14.1 Å². The topological polar surface area (TPSA) is 63.6 Å². The van der Waals surface area contributed by atoms with Gasteiger partial charge in [0.2, 0.25) is 0 Å². The van der Waals surface area contributed by atoms with Crippen molar-refractivity contribution in [3.05, 3.63) is 44.9 Å². The first-order chi connectivity index (χ1) is 9.52. The molecular formula is C14H17BrN4O. The lowest BCUT2D eigenvalue weighted by molar-refractivity contribution is 0.315. The SMILES string of the molecule is CC1CN(Cc2cc(=O)n3cc(Br)ccc3n2)CC1N. The van der Waals surface area contributed by atoms with Crippen LogP contribution in [0.4, 0.5) is 0 Å². The fourth-order valence-electron chi connectivity index (χ4n) is 2.66. The number of pyridine rings is 1. The highest BCUT2D eigenvalue weighted by Gasteiger charge is 2.26. The maximum Gasteiger partial charge on any atom is 0.258 e. The summed E-state index contributed by atoms with van der Waals surface area (Å²) >= 11 is 3.36. The number of rotatable bonds is 2. The number of aromatic nitrogens is 2. The summed E-state index contributed by atoms with van der Waals surface area (Å²) in [7, 11) is 0. The molecule has 3 rings (SSSR count). The van der Waals surface area contributed by atoms with Crippen LogP contribution in [-0.4, -0.2) is 33.4 Å². The molecule has 2 aromatic heterocycles. The van der Waals surface area contributed by atoms with E-state index in [9.17, 15) is 4.79 Å². The number of hydrogen-bond donors (Lipinski definition) is 1. The second-order valence-corrected chi connectivity index (χ2v) is 6.41. The van der Waals surface area contributed by atoms with Crippen molar-refractivity contribution in [2.45, 2.75) is 19.5 Å². The second-order valence-electron chi connectivity index (χ2n) is 5.50. The number of nitrogens with two attached hydrogens (primary N) is 1. The molecule has 6 heteroatoms. The molecule has 2 unspecified atom stereocenters. The van der Waals surface area contributed by atoms with E-state index < -0.39 is 0 Å². The molecule has 1 aliphatic rings. The zero-order valence-electron chi connectivity index (χ0n) is 11.3. The molecule has 2 aromatic rings. The van der Waals surface area contributed by atoms with E-state index in [1.807, 2.05) is 12.1 Å². The summed E-state index contributed by atoms with van der Waals surface area (Å²) < 4.78 is 2.41. The monoisotopic (exact) mass is 336 g/mol. The molecule has 2 atom stereocenters. The maximum atomic E-state index is 12.1. The van der Waals surface area contributed by atoms with Crippen LogP contribution in [0.2, 0.25) is 0 Å². The number of halogens is 1. The van der Waals surface area contributed by atoms with Gasteiger partial charge in [0.15, 0.2) is 0 Å². The van der Waals surface area contributed by atoms with Crippen molar-refractivity contribution in [3.8, 4) is 0 Å². The van der Waals surface area contributed by atoms with Crippen molar-refractivity contribution in [2.75, 3.05) is 13.1 Å². The van der Waals surface area contributed by atoms with Crippen LogP contribution < -0.4 is 11.3 Å². The first-order valence-corrected chi connectivity index (χ1v) is 7.48. The molecule has 5 nitrogen and oxygen atoms in total. The predicted octanol–water partition coefficient (Wildman–Crippen LogP) is 1.24. The number of nitrogens with zero attached hydrogens (tertiary/aromatic N) is 3. The Labute approximate surface area is 125 Å². The van der Waals surface area contributed by atoms with Crippen LogP contribution in [0.5, 0.6) is 0 Å². The molecule has 3 heterocycles. The third-order valence-corrected chi connectivity index (χ3v) is 4.28. The summed E-state index contributed by atoms with van der Waals surface area (Å²) in [5, 5.41) is 0. The number of likely N-dealkylation sites (tertiary alicyclic amines) is 1. The van der Waals surface area contributed by atoms with E-state index in [1.54, 1.807) is 16.7 Å². The van der Waals surface area contributed by atoms with Crippen molar-refractivity contribution in [1.29, 1.82) is 0 Å². The van der Waals surface area contributed by atoms with Gasteiger partial charge in [0.05, 0.1) is 5.69 Å². The minimum absolute atomic E-state index is 0.0529. The lowest BCUT2D eigenvalue weighted by Crippen LogP contribution is -2.29. The quantitative estimate of drug-likeness (QED) is 0.896. The second kappa shape index (κ2) is 5.27. The average molecular weight is 337 g/mol. The molecule has 0 radical (unpaired) electrons. The maximum absolute atomic E-state index is 12.1. The van der Waals surface area contributed by atoms with Crippen LogP contribution in [0, 0.1) is 5.92 Å². The predicted molar refractivity (Wildman–Crippen MR) is 81.6 cm³/mol. The normalized spacial score (nSPS) is 23.6. The fraction of sp³-hybridized carbons (Fsp3) is 0.429. The average Bonchev–Trinajstić information content (AvgIpc) is 2.69. The van der Waals surface area contributed by atoms with Crippen molar-refractivity contribution < 1.29 is 0 Å². The number of hydrogen-bond acceptors (Lipinski definition) is 4. The molecule has 2 N–H and O–H groups in total. The van der Waals surface area contributed by atoms with Gasteiger partial charge in [-0.1, -0.05) is 6.92 Å². The van der Waals surface area contributed by atoms with E-state index in [0.29, 0.717) is 18.1 Å². The fourth-order valence-corrected chi connectivity index (χ4v) is 3.00. The lowest BCUT2D eigenvalue weighted by atomic mass is 10.1. The van der Waals surface area contributed by atoms with Gasteiger partial charge in [0.25, 0.3) is 5.56 Å². The first kappa shape index (κ1) is 13.7. The molecule has 0 aromatic carbocycles. The molecule has 0 saturated carbocycles. The van der Waals surface area contributed by atoms with Crippen molar-refractivity contribution in [1.82, 2.24) is 14.3 Å². The van der Waals surface area contributed by atoms with Crippen LogP contribution >= 0.6 is 15.9 Å². The Balaban J connectivity index is 1.90. The summed E-state index contributed by atoms with van der Waals surface area (Å²) in [5.74, 6) is 0.493. The van der Waals surface area contributed by atoms with E-state index >= 15 is 0 Å². The van der Waals surface area contributed by atoms with Gasteiger partial charge in [0, 0.05) is 42.4 Å². The Kier molecular flexibility index (Phi) is 3.62. The lowest BCUT2D eigenvalue weighted by Gasteiger charge is -2.14. The third-order valence-electron chi connectivity index (χ3n) is 3.81. The Morgan fingerprint density at radius 3 is 2.95 bits per heavy atom. The highest BCUT2D eigenvalue weighted by Crippen LogP contribution is 2.16. The number of fused-ring (bicyclic) bond motifs is 1. The highest BCUT2D eigenvalue weighted by molar-refractivity contribution is 9.10. The van der Waals surface area contributed by atoms with Crippen LogP contribution in [0.15, 0.2) is 33.7 Å². The summed E-state index contributed by atoms with van der Waals surface area (Å²) in [5.41, 5.74) is 7.45. The van der Waals surface area contributed by atoms with Gasteiger partial charge in [-0.05, 0) is 34.0 Å². The summed E-state index contributed by atoms with van der Waals surface area (Å²) in [6.07, 6.45) is 1.74. The van der Waals surface area contributed by atoms with Gasteiger partial charge < -0.3 is 5.73 Å². The molecule has 0 amide bonds. The van der Waals surface area contributed by atoms with Crippen molar-refractivity contribution in [3.63, 3.8) is 0 Å². The standard InChI is InChI=1S/C14H17BrN4O/c1-9-5-18(8-12(9)16)7-11-4-14(20)19-6-10(15)2-3-13(19)17-11/h2-4,6,9,12H,5,7-8,16H2,1H3. The summed E-state index contributed by atoms with van der Waals surface area (Å²) in [6, 6.07) is 5.55. The summed E-state index contributed by atoms with van der Waals surface area (Å²) in [4.78, 5) is 18.9. The molecule has 0 aliphatic carbocycles. The van der Waals surface area contributed by atoms with Gasteiger partial charge in [-0.25, -0.2) is 4.98 Å². The zero-order valence-corrected chi connectivity index (χ0v) is 12.9. The van der Waals surface area contributed by atoms with E-state index in [2.05, 4.69) is 32.7 Å². The smallest absolute Gasteiger partial charge is 0.258 e. The van der Waals surface area contributed by atoms with Crippen molar-refractivity contribution >= 4 is 21.6 Å². The van der Waals surface area contributed by atoms with E-state index in [0.717, 1.165) is 23.3 Å². The van der Waals surface area contributed by atoms with Crippen LogP contribution in [0.1, 0.15) is 12.6 Å². The van der Waals surface area contributed by atoms with Gasteiger partial charge in [-0.15, -0.1) is 0 Å². The van der Waals surface area contributed by atoms with Crippen LogP contribution in [0.25, 0.3) is 5.65 Å². The molecule has 0 bridgehead atoms. The highest BCUT2D eigenvalue weighted by atomic mass is 79.9. The molecule has 1 saturated heterocycles. The molecule has 106 valence electrons. The molecule has 1 fully saturated rings. The van der Waals surface area contributed by atoms with Crippen molar-refractivity contribution in [2.24, 2.45) is 11.7 Å². The molecular weight excluding hydrogens is 320 g/mol. The van der Waals surface area contributed by atoms with E-state index in [-0.39, 0.29) is 11.6 Å². The van der Waals surface area contributed by atoms with Crippen LogP contribution in [0.3, 0.4) is 0 Å². The molecule has 1 aliphatic heterocycles.